The number of likely N-dealkylation sites (tertiary alicyclic amines) is 1. The second-order valence-electron chi connectivity index (χ2n) is 4.68. The maximum atomic E-state index is 3.25. The van der Waals surface area contributed by atoms with Gasteiger partial charge in [0.15, 0.2) is 0 Å². The molecule has 0 aliphatic carbocycles. The fraction of sp³-hybridized carbons (Fsp3) is 1.00. The molecule has 1 rings (SSSR count). The molecule has 2 atom stereocenters. The van der Waals surface area contributed by atoms with E-state index in [1.807, 2.05) is 0 Å². The second kappa shape index (κ2) is 6.41. The Hall–Kier alpha value is -0.0800. The molecule has 0 spiro atoms. The Balaban J connectivity index is 2.24. The third kappa shape index (κ3) is 3.58. The Labute approximate surface area is 89.1 Å². The molecule has 1 saturated heterocycles. The topological polar surface area (TPSA) is 15.3 Å². The summed E-state index contributed by atoms with van der Waals surface area (Å²) in [5.74, 6) is 0.924. The molecule has 0 aromatic heterocycles. The zero-order valence-electron chi connectivity index (χ0n) is 10.1. The Morgan fingerprint density at radius 3 is 2.79 bits per heavy atom. The van der Waals surface area contributed by atoms with Crippen molar-refractivity contribution in [3.05, 3.63) is 0 Å². The summed E-state index contributed by atoms with van der Waals surface area (Å²) in [6.45, 7) is 4.82. The highest BCUT2D eigenvalue weighted by molar-refractivity contribution is 4.78. The van der Waals surface area contributed by atoms with Gasteiger partial charge in [-0.3, -0.25) is 0 Å². The summed E-state index contributed by atoms with van der Waals surface area (Å²) in [7, 11) is 4.33. The van der Waals surface area contributed by atoms with Crippen LogP contribution in [-0.4, -0.2) is 38.1 Å². The molecule has 0 amide bonds. The van der Waals surface area contributed by atoms with Crippen LogP contribution in [0.1, 0.15) is 39.0 Å². The van der Waals surface area contributed by atoms with Crippen molar-refractivity contribution in [3.8, 4) is 0 Å². The van der Waals surface area contributed by atoms with E-state index in [9.17, 15) is 0 Å². The summed E-state index contributed by atoms with van der Waals surface area (Å²) in [6, 6.07) is 0.872. The van der Waals surface area contributed by atoms with E-state index in [1.54, 1.807) is 0 Å². The Morgan fingerprint density at radius 1 is 1.50 bits per heavy atom. The molecule has 2 unspecified atom stereocenters. The van der Waals surface area contributed by atoms with E-state index >= 15 is 0 Å². The maximum Gasteiger partial charge on any atom is 0.00953 e. The molecule has 0 aromatic rings. The van der Waals surface area contributed by atoms with E-state index in [2.05, 4.69) is 31.2 Å². The van der Waals surface area contributed by atoms with E-state index in [1.165, 1.54) is 45.2 Å². The normalized spacial score (nSPS) is 25.5. The Bertz CT molecular complexity index is 147. The molecule has 1 heterocycles. The molecular formula is C12H26N2. The number of rotatable bonds is 6. The number of nitrogens with one attached hydrogen (secondary N) is 1. The van der Waals surface area contributed by atoms with E-state index in [0.717, 1.165) is 12.0 Å². The van der Waals surface area contributed by atoms with Crippen molar-refractivity contribution in [1.82, 2.24) is 10.2 Å². The van der Waals surface area contributed by atoms with Crippen LogP contribution >= 0.6 is 0 Å². The SMILES string of the molecule is CCC(CCNC)CC1CCCN1C. The fourth-order valence-electron chi connectivity index (χ4n) is 2.50. The van der Waals surface area contributed by atoms with E-state index < -0.39 is 0 Å². The van der Waals surface area contributed by atoms with Gasteiger partial charge in [-0.15, -0.1) is 0 Å². The molecule has 0 saturated carbocycles. The van der Waals surface area contributed by atoms with Crippen LogP contribution in [0.4, 0.5) is 0 Å². The monoisotopic (exact) mass is 198 g/mol. The molecule has 1 fully saturated rings. The highest BCUT2D eigenvalue weighted by Gasteiger charge is 2.23. The smallest absolute Gasteiger partial charge is 0.00953 e. The van der Waals surface area contributed by atoms with Crippen LogP contribution in [0.15, 0.2) is 0 Å². The summed E-state index contributed by atoms with van der Waals surface area (Å²) >= 11 is 0. The minimum Gasteiger partial charge on any atom is -0.320 e. The van der Waals surface area contributed by atoms with Crippen molar-refractivity contribution in [1.29, 1.82) is 0 Å². The van der Waals surface area contributed by atoms with Crippen LogP contribution in [-0.2, 0) is 0 Å². The summed E-state index contributed by atoms with van der Waals surface area (Å²) in [5.41, 5.74) is 0. The van der Waals surface area contributed by atoms with Crippen LogP contribution in [0.3, 0.4) is 0 Å². The van der Waals surface area contributed by atoms with Gasteiger partial charge >= 0.3 is 0 Å². The van der Waals surface area contributed by atoms with Gasteiger partial charge in [-0.05, 0) is 58.8 Å². The summed E-state index contributed by atoms with van der Waals surface area (Å²) < 4.78 is 0. The molecule has 14 heavy (non-hydrogen) atoms. The van der Waals surface area contributed by atoms with E-state index in [0.29, 0.717) is 0 Å². The number of nitrogens with zero attached hydrogens (tertiary/aromatic N) is 1. The first-order valence-electron chi connectivity index (χ1n) is 6.12. The highest BCUT2D eigenvalue weighted by Crippen LogP contribution is 2.24. The minimum atomic E-state index is 0.872. The summed E-state index contributed by atoms with van der Waals surface area (Å²) in [5, 5.41) is 3.25. The van der Waals surface area contributed by atoms with Gasteiger partial charge in [0.2, 0.25) is 0 Å². The highest BCUT2D eigenvalue weighted by atomic mass is 15.1. The van der Waals surface area contributed by atoms with Gasteiger partial charge in [0, 0.05) is 6.04 Å². The summed E-state index contributed by atoms with van der Waals surface area (Å²) in [6.07, 6.45) is 6.92. The van der Waals surface area contributed by atoms with Crippen molar-refractivity contribution in [3.63, 3.8) is 0 Å². The van der Waals surface area contributed by atoms with Crippen molar-refractivity contribution in [2.45, 2.75) is 45.1 Å². The Kier molecular flexibility index (Phi) is 5.49. The largest absolute Gasteiger partial charge is 0.320 e. The van der Waals surface area contributed by atoms with Gasteiger partial charge < -0.3 is 10.2 Å². The first-order valence-corrected chi connectivity index (χ1v) is 6.12. The number of hydrogen-bond donors (Lipinski definition) is 1. The standard InChI is InChI=1S/C12H26N2/c1-4-11(7-8-13-2)10-12-6-5-9-14(12)3/h11-13H,4-10H2,1-3H3. The lowest BCUT2D eigenvalue weighted by molar-refractivity contribution is 0.251. The maximum absolute atomic E-state index is 3.25. The predicted molar refractivity (Wildman–Crippen MR) is 62.6 cm³/mol. The quantitative estimate of drug-likeness (QED) is 0.703. The zero-order chi connectivity index (χ0) is 10.4. The molecule has 1 aliphatic heterocycles. The average Bonchev–Trinajstić information content (AvgIpc) is 2.59. The lowest BCUT2D eigenvalue weighted by Crippen LogP contribution is -2.28. The van der Waals surface area contributed by atoms with Crippen molar-refractivity contribution in [2.24, 2.45) is 5.92 Å². The second-order valence-corrected chi connectivity index (χ2v) is 4.68. The van der Waals surface area contributed by atoms with Crippen molar-refractivity contribution in [2.75, 3.05) is 27.2 Å². The van der Waals surface area contributed by atoms with Crippen molar-refractivity contribution < 1.29 is 0 Å². The third-order valence-corrected chi connectivity index (χ3v) is 3.66. The van der Waals surface area contributed by atoms with Gasteiger partial charge in [0.25, 0.3) is 0 Å². The summed E-state index contributed by atoms with van der Waals surface area (Å²) in [4.78, 5) is 2.54. The van der Waals surface area contributed by atoms with Crippen molar-refractivity contribution >= 4 is 0 Å². The zero-order valence-corrected chi connectivity index (χ0v) is 10.1. The molecule has 2 heteroatoms. The van der Waals surface area contributed by atoms with Gasteiger partial charge in [-0.25, -0.2) is 0 Å². The minimum absolute atomic E-state index is 0.872. The van der Waals surface area contributed by atoms with Crippen LogP contribution in [0, 0.1) is 5.92 Å². The number of hydrogen-bond acceptors (Lipinski definition) is 2. The van der Waals surface area contributed by atoms with Crippen LogP contribution in [0.5, 0.6) is 0 Å². The molecular weight excluding hydrogens is 172 g/mol. The van der Waals surface area contributed by atoms with Gasteiger partial charge in [0.1, 0.15) is 0 Å². The molecule has 1 aliphatic rings. The predicted octanol–water partition coefficient (Wildman–Crippen LogP) is 2.11. The van der Waals surface area contributed by atoms with Crippen LogP contribution in [0.2, 0.25) is 0 Å². The van der Waals surface area contributed by atoms with E-state index in [4.69, 9.17) is 0 Å². The van der Waals surface area contributed by atoms with Gasteiger partial charge in [0.05, 0.1) is 0 Å². The fourth-order valence-corrected chi connectivity index (χ4v) is 2.50. The lowest BCUT2D eigenvalue weighted by atomic mass is 9.93. The van der Waals surface area contributed by atoms with Gasteiger partial charge in [-0.1, -0.05) is 13.3 Å². The van der Waals surface area contributed by atoms with Crippen LogP contribution < -0.4 is 5.32 Å². The molecule has 2 nitrogen and oxygen atoms in total. The first-order chi connectivity index (χ1) is 6.77. The van der Waals surface area contributed by atoms with Crippen LogP contribution in [0.25, 0.3) is 0 Å². The van der Waals surface area contributed by atoms with Gasteiger partial charge in [-0.2, -0.15) is 0 Å². The lowest BCUT2D eigenvalue weighted by Gasteiger charge is -2.24. The molecule has 0 aromatic carbocycles. The first kappa shape index (κ1) is 12.0. The average molecular weight is 198 g/mol. The van der Waals surface area contributed by atoms with E-state index in [-0.39, 0.29) is 0 Å². The molecule has 1 N–H and O–H groups in total. The third-order valence-electron chi connectivity index (χ3n) is 3.66. The molecule has 0 radical (unpaired) electrons. The molecule has 84 valence electrons. The Morgan fingerprint density at radius 2 is 2.29 bits per heavy atom. The molecule has 0 bridgehead atoms.